The van der Waals surface area contributed by atoms with Crippen molar-refractivity contribution in [3.05, 3.63) is 60.2 Å². The number of ether oxygens (including phenoxy) is 1. The Morgan fingerprint density at radius 1 is 1.00 bits per heavy atom. The molecule has 2 aromatic rings. The zero-order chi connectivity index (χ0) is 22.1. The molecule has 0 saturated heterocycles. The van der Waals surface area contributed by atoms with Crippen molar-refractivity contribution in [3.8, 4) is 0 Å². The van der Waals surface area contributed by atoms with Crippen molar-refractivity contribution in [1.82, 2.24) is 15.5 Å². The lowest BCUT2D eigenvalue weighted by molar-refractivity contribution is -0.120. The van der Waals surface area contributed by atoms with Gasteiger partial charge in [0, 0.05) is 19.0 Å². The normalized spacial score (nSPS) is 13.3. The van der Waals surface area contributed by atoms with E-state index in [9.17, 15) is 18.0 Å². The highest BCUT2D eigenvalue weighted by atomic mass is 32.2. The first-order chi connectivity index (χ1) is 14.9. The number of nitrogens with one attached hydrogen (secondary N) is 4. The predicted molar refractivity (Wildman–Crippen MR) is 115 cm³/mol. The van der Waals surface area contributed by atoms with E-state index >= 15 is 0 Å². The van der Waals surface area contributed by atoms with Crippen molar-refractivity contribution in [3.63, 3.8) is 0 Å². The summed E-state index contributed by atoms with van der Waals surface area (Å²) in [6, 6.07) is 15.5. The van der Waals surface area contributed by atoms with E-state index in [1.807, 2.05) is 30.3 Å². The molecular formula is C21H26N4O5S. The molecule has 0 bridgehead atoms. The van der Waals surface area contributed by atoms with Gasteiger partial charge in [0.1, 0.15) is 6.61 Å². The van der Waals surface area contributed by atoms with Gasteiger partial charge in [-0.1, -0.05) is 30.3 Å². The number of alkyl carbamates (subject to hydrolysis) is 1. The number of carbonyl (C=O) groups excluding carboxylic acids is 2. The maximum Gasteiger partial charge on any atom is 0.407 e. The summed E-state index contributed by atoms with van der Waals surface area (Å²) in [5.41, 5.74) is 6.73. The fraction of sp³-hybridized carbons (Fsp3) is 0.333. The lowest BCUT2D eigenvalue weighted by Gasteiger charge is -2.10. The van der Waals surface area contributed by atoms with Crippen LogP contribution >= 0.6 is 0 Å². The van der Waals surface area contributed by atoms with Crippen LogP contribution in [-0.2, 0) is 26.2 Å². The molecular weight excluding hydrogens is 420 g/mol. The molecule has 9 nitrogen and oxygen atoms in total. The van der Waals surface area contributed by atoms with Gasteiger partial charge in [-0.05, 0) is 49.1 Å². The van der Waals surface area contributed by atoms with E-state index < -0.39 is 16.1 Å². The van der Waals surface area contributed by atoms with Crippen LogP contribution < -0.4 is 20.9 Å². The van der Waals surface area contributed by atoms with Crippen LogP contribution in [0.3, 0.4) is 0 Å². The molecule has 10 heteroatoms. The van der Waals surface area contributed by atoms with Gasteiger partial charge in [-0.3, -0.25) is 15.6 Å². The van der Waals surface area contributed by atoms with E-state index in [2.05, 4.69) is 20.9 Å². The van der Waals surface area contributed by atoms with Gasteiger partial charge < -0.3 is 10.1 Å². The highest BCUT2D eigenvalue weighted by Crippen LogP contribution is 2.22. The van der Waals surface area contributed by atoms with Crippen LogP contribution in [0.15, 0.2) is 59.5 Å². The lowest BCUT2D eigenvalue weighted by Crippen LogP contribution is -2.31. The van der Waals surface area contributed by atoms with Gasteiger partial charge in [0.05, 0.1) is 10.6 Å². The predicted octanol–water partition coefficient (Wildman–Crippen LogP) is 2.28. The molecule has 0 aliphatic heterocycles. The third kappa shape index (κ3) is 7.91. The van der Waals surface area contributed by atoms with E-state index in [-0.39, 0.29) is 29.9 Å². The number of sulfonamides is 1. The number of anilines is 1. The summed E-state index contributed by atoms with van der Waals surface area (Å²) >= 11 is 0. The molecule has 1 saturated carbocycles. The topological polar surface area (TPSA) is 126 Å². The molecule has 1 fully saturated rings. The molecule has 0 aromatic heterocycles. The number of amides is 2. The van der Waals surface area contributed by atoms with Crippen molar-refractivity contribution in [2.75, 3.05) is 12.0 Å². The van der Waals surface area contributed by atoms with Crippen LogP contribution in [0.2, 0.25) is 0 Å². The summed E-state index contributed by atoms with van der Waals surface area (Å²) < 4.78 is 32.0. The van der Waals surface area contributed by atoms with E-state index in [0.717, 1.165) is 18.4 Å². The number of hydrogen-bond acceptors (Lipinski definition) is 6. The zero-order valence-electron chi connectivity index (χ0n) is 17.0. The first-order valence-corrected chi connectivity index (χ1v) is 11.5. The van der Waals surface area contributed by atoms with E-state index in [4.69, 9.17) is 4.74 Å². The molecule has 2 aromatic carbocycles. The van der Waals surface area contributed by atoms with E-state index in [1.165, 1.54) is 12.1 Å². The third-order valence-electron chi connectivity index (χ3n) is 4.47. The summed E-state index contributed by atoms with van der Waals surface area (Å²) in [5, 5.41) is 2.60. The largest absolute Gasteiger partial charge is 0.445 e. The minimum atomic E-state index is -3.50. The zero-order valence-corrected chi connectivity index (χ0v) is 17.8. The maximum absolute atomic E-state index is 12.1. The third-order valence-corrected chi connectivity index (χ3v) is 6.01. The molecule has 0 spiro atoms. The summed E-state index contributed by atoms with van der Waals surface area (Å²) in [4.78, 5) is 23.7. The number of carbonyl (C=O) groups is 2. The van der Waals surface area contributed by atoms with E-state index in [0.29, 0.717) is 18.7 Å². The minimum Gasteiger partial charge on any atom is -0.445 e. The SMILES string of the molecule is O=C(CCCNC(=O)OCc1ccccc1)NNc1ccc(S(=O)(=O)NC2CC2)cc1. The monoisotopic (exact) mass is 446 g/mol. The molecule has 0 heterocycles. The van der Waals surface area contributed by atoms with Gasteiger partial charge in [0.15, 0.2) is 0 Å². The van der Waals surface area contributed by atoms with Gasteiger partial charge in [-0.2, -0.15) is 0 Å². The van der Waals surface area contributed by atoms with Crippen LogP contribution in [0.25, 0.3) is 0 Å². The Hall–Kier alpha value is -3.11. The number of hydrogen-bond donors (Lipinski definition) is 4. The lowest BCUT2D eigenvalue weighted by atomic mass is 10.2. The van der Waals surface area contributed by atoms with Crippen molar-refractivity contribution >= 4 is 27.7 Å². The fourth-order valence-electron chi connectivity index (χ4n) is 2.62. The van der Waals surface area contributed by atoms with Gasteiger partial charge in [-0.25, -0.2) is 17.9 Å². The molecule has 0 unspecified atom stereocenters. The van der Waals surface area contributed by atoms with Crippen LogP contribution in [0.1, 0.15) is 31.2 Å². The number of benzene rings is 2. The second-order valence-electron chi connectivity index (χ2n) is 7.19. The number of hydrazine groups is 1. The van der Waals surface area contributed by atoms with Crippen LogP contribution in [0.4, 0.5) is 10.5 Å². The molecule has 1 aliphatic carbocycles. The second-order valence-corrected chi connectivity index (χ2v) is 8.90. The molecule has 4 N–H and O–H groups in total. The molecule has 1 aliphatic rings. The average Bonchev–Trinajstić information content (AvgIpc) is 3.58. The Morgan fingerprint density at radius 2 is 1.71 bits per heavy atom. The second kappa shape index (κ2) is 10.8. The average molecular weight is 447 g/mol. The highest BCUT2D eigenvalue weighted by molar-refractivity contribution is 7.89. The number of rotatable bonds is 11. The Morgan fingerprint density at radius 3 is 2.39 bits per heavy atom. The molecule has 0 atom stereocenters. The molecule has 166 valence electrons. The Kier molecular flexibility index (Phi) is 7.85. The smallest absolute Gasteiger partial charge is 0.407 e. The van der Waals surface area contributed by atoms with Crippen LogP contribution in [-0.4, -0.2) is 33.0 Å². The first-order valence-electron chi connectivity index (χ1n) is 10.0. The van der Waals surface area contributed by atoms with Gasteiger partial charge in [0.25, 0.3) is 0 Å². The summed E-state index contributed by atoms with van der Waals surface area (Å²) in [6.45, 7) is 0.495. The van der Waals surface area contributed by atoms with Gasteiger partial charge in [-0.15, -0.1) is 0 Å². The standard InChI is InChI=1S/C21H26N4O5S/c26-20(7-4-14-22-21(27)30-15-16-5-2-1-3-6-16)24-23-17-10-12-19(13-11-17)31(28,29)25-18-8-9-18/h1-3,5-6,10-13,18,23,25H,4,7-9,14-15H2,(H,22,27)(H,24,26). The maximum atomic E-state index is 12.1. The highest BCUT2D eigenvalue weighted by Gasteiger charge is 2.27. The van der Waals surface area contributed by atoms with Crippen molar-refractivity contribution in [2.45, 2.75) is 43.2 Å². The summed E-state index contributed by atoms with van der Waals surface area (Å²) in [6.07, 6.45) is 1.85. The minimum absolute atomic E-state index is 0.0438. The Balaban J connectivity index is 1.29. The quantitative estimate of drug-likeness (QED) is 0.310. The van der Waals surface area contributed by atoms with Crippen molar-refractivity contribution in [1.29, 1.82) is 0 Å². The summed E-state index contributed by atoms with van der Waals surface area (Å²) in [7, 11) is -3.50. The van der Waals surface area contributed by atoms with E-state index in [1.54, 1.807) is 12.1 Å². The fourth-order valence-corrected chi connectivity index (χ4v) is 3.93. The van der Waals surface area contributed by atoms with Gasteiger partial charge in [0.2, 0.25) is 15.9 Å². The Bertz CT molecular complexity index is 977. The molecule has 3 rings (SSSR count). The van der Waals surface area contributed by atoms with Crippen LogP contribution in [0, 0.1) is 0 Å². The van der Waals surface area contributed by atoms with Gasteiger partial charge >= 0.3 is 6.09 Å². The van der Waals surface area contributed by atoms with Crippen molar-refractivity contribution < 1.29 is 22.7 Å². The molecule has 2 amide bonds. The Labute approximate surface area is 181 Å². The molecule has 0 radical (unpaired) electrons. The van der Waals surface area contributed by atoms with Crippen molar-refractivity contribution in [2.24, 2.45) is 0 Å². The van der Waals surface area contributed by atoms with Crippen LogP contribution in [0.5, 0.6) is 0 Å². The first kappa shape index (κ1) is 22.6. The molecule has 31 heavy (non-hydrogen) atoms. The summed E-state index contributed by atoms with van der Waals surface area (Å²) in [5.74, 6) is -0.258.